The maximum atomic E-state index is 7.00. The highest BCUT2D eigenvalue weighted by Crippen LogP contribution is 1.83. The summed E-state index contributed by atoms with van der Waals surface area (Å²) in [6, 6.07) is 0. The van der Waals surface area contributed by atoms with Crippen LogP contribution in [0.1, 0.15) is 7.43 Å². The summed E-state index contributed by atoms with van der Waals surface area (Å²) in [5.74, 6) is 0. The zero-order valence-corrected chi connectivity index (χ0v) is 25.0. The van der Waals surface area contributed by atoms with Gasteiger partial charge in [0, 0.05) is 49.8 Å². The number of rotatable bonds is 4. The fourth-order valence-corrected chi connectivity index (χ4v) is 0. The van der Waals surface area contributed by atoms with Crippen LogP contribution in [0.25, 0.3) is 0 Å². The van der Waals surface area contributed by atoms with Crippen molar-refractivity contribution in [2.75, 3.05) is 49.8 Å². The molecule has 27 heavy (non-hydrogen) atoms. The third-order valence-electron chi connectivity index (χ3n) is 1.74. The minimum absolute atomic E-state index is 0. The minimum atomic E-state index is -1.18. The third kappa shape index (κ3) is 211. The highest BCUT2D eigenvalue weighted by atomic mass is 35.6. The smallest absolute Gasteiger partial charge is 0.270 e. The van der Waals surface area contributed by atoms with E-state index in [1.54, 1.807) is 28.4 Å². The fraction of sp³-hybridized carbons (Fsp3) is 1.00. The molecule has 0 rings (SSSR count). The first-order valence-corrected chi connectivity index (χ1v) is 19.9. The van der Waals surface area contributed by atoms with Gasteiger partial charge in [-0.15, -0.1) is 11.1 Å². The first-order valence-electron chi connectivity index (χ1n) is 8.18. The summed E-state index contributed by atoms with van der Waals surface area (Å²) >= 11 is 5.38. The lowest BCUT2D eigenvalue weighted by molar-refractivity contribution is 0.399. The fourth-order valence-electron chi connectivity index (χ4n) is 0. The molecule has 0 aromatic heterocycles. The van der Waals surface area contributed by atoms with Crippen molar-refractivity contribution in [1.82, 2.24) is 0 Å². The molecule has 1 atom stereocenters. The van der Waals surface area contributed by atoms with Crippen LogP contribution in [-0.4, -0.2) is 101 Å². The van der Waals surface area contributed by atoms with Gasteiger partial charge >= 0.3 is 0 Å². The largest absolute Gasteiger partial charge is 0.424 e. The summed E-state index contributed by atoms with van der Waals surface area (Å²) in [6.45, 7) is 14.7. The summed E-state index contributed by atoms with van der Waals surface area (Å²) in [4.78, 5) is 0. The molecule has 7 nitrogen and oxygen atoms in total. The van der Waals surface area contributed by atoms with Gasteiger partial charge in [0.25, 0.3) is 8.35 Å². The van der Waals surface area contributed by atoms with Gasteiger partial charge in [-0.1, -0.05) is 7.43 Å². The molecule has 0 aliphatic rings. The normalized spacial score (nSPS) is 8.78. The lowest BCUT2D eigenvalue weighted by Gasteiger charge is -1.92. The molecule has 0 aromatic rings. The van der Waals surface area contributed by atoms with E-state index in [9.17, 15) is 0 Å². The van der Waals surface area contributed by atoms with Gasteiger partial charge in [0.2, 0.25) is 0 Å². The summed E-state index contributed by atoms with van der Waals surface area (Å²) in [6.07, 6.45) is 0. The van der Waals surface area contributed by atoms with Crippen molar-refractivity contribution in [3.8, 4) is 0 Å². The molecule has 1 unspecified atom stereocenters. The van der Waals surface area contributed by atoms with Crippen molar-refractivity contribution in [3.63, 3.8) is 0 Å². The van der Waals surface area contributed by atoms with Crippen molar-refractivity contribution >= 4 is 46.5 Å². The molecule has 3 N–H and O–H groups in total. The standard InChI is InChI=1S/3C3H10OSi.C2H7ClOSi.3CH4O.CH4/c4*1-4-5(2)3;3*1-2;/h3*5H,1-3H3;5H,1-2H3;3*2H,1H3;1H4. The number of halogens is 1. The number of hydrogen-bond donors (Lipinski definition) is 3. The van der Waals surface area contributed by atoms with Crippen molar-refractivity contribution in [2.24, 2.45) is 0 Å². The lowest BCUT2D eigenvalue weighted by atomic mass is 11.8. The second-order valence-corrected chi connectivity index (χ2v) is 15.7. The Kier molecular flexibility index (Phi) is 119. The Labute approximate surface area is 182 Å². The van der Waals surface area contributed by atoms with Gasteiger partial charge in [0.15, 0.2) is 27.1 Å². The van der Waals surface area contributed by atoms with E-state index in [1.807, 2.05) is 6.55 Å². The van der Waals surface area contributed by atoms with Crippen LogP contribution in [0.15, 0.2) is 0 Å². The van der Waals surface area contributed by atoms with Crippen LogP contribution >= 0.6 is 11.1 Å². The van der Waals surface area contributed by atoms with Gasteiger partial charge in [0.05, 0.1) is 0 Å². The Balaban J connectivity index is -0.0000000268. The summed E-state index contributed by atoms with van der Waals surface area (Å²) in [5, 5.41) is 21.0. The first kappa shape index (κ1) is 51.0. The van der Waals surface area contributed by atoms with Gasteiger partial charge in [-0.3, -0.25) is 0 Å². The van der Waals surface area contributed by atoms with Crippen LogP contribution in [0.5, 0.6) is 0 Å². The molecule has 12 heteroatoms. The average molecular weight is 493 g/mol. The lowest BCUT2D eigenvalue weighted by Crippen LogP contribution is -2.00. The Bertz CT molecular complexity index is 130. The van der Waals surface area contributed by atoms with E-state index in [1.165, 1.54) is 0 Å². The number of hydrogen-bond acceptors (Lipinski definition) is 7. The van der Waals surface area contributed by atoms with E-state index >= 15 is 0 Å². The second kappa shape index (κ2) is 63.2. The van der Waals surface area contributed by atoms with Crippen LogP contribution in [0.4, 0.5) is 0 Å². The Hall–Kier alpha value is 0.878. The Morgan fingerprint density at radius 1 is 0.481 bits per heavy atom. The van der Waals surface area contributed by atoms with E-state index in [-0.39, 0.29) is 7.43 Å². The molecule has 0 bridgehead atoms. The van der Waals surface area contributed by atoms with Crippen molar-refractivity contribution in [2.45, 2.75) is 53.3 Å². The number of aliphatic hydroxyl groups excluding tert-OH is 3. The van der Waals surface area contributed by atoms with E-state index in [0.29, 0.717) is 0 Å². The molecular formula is C15H53ClO7Si4. The van der Waals surface area contributed by atoms with E-state index in [0.717, 1.165) is 21.3 Å². The summed E-state index contributed by atoms with van der Waals surface area (Å²) in [7, 11) is 6.78. The van der Waals surface area contributed by atoms with E-state index < -0.39 is 35.5 Å². The molecule has 178 valence electrons. The maximum Gasteiger partial charge on any atom is 0.270 e. The van der Waals surface area contributed by atoms with Crippen LogP contribution < -0.4 is 0 Å². The highest BCUT2D eigenvalue weighted by molar-refractivity contribution is 7.02. The van der Waals surface area contributed by atoms with E-state index in [4.69, 9.17) is 39.7 Å². The molecule has 0 saturated heterocycles. The third-order valence-corrected chi connectivity index (χ3v) is 5.75. The van der Waals surface area contributed by atoms with Crippen LogP contribution in [0.2, 0.25) is 45.8 Å². The van der Waals surface area contributed by atoms with Crippen molar-refractivity contribution < 1.29 is 33.0 Å². The predicted molar refractivity (Wildman–Crippen MR) is 135 cm³/mol. The van der Waals surface area contributed by atoms with E-state index in [2.05, 4.69) is 43.7 Å². The topological polar surface area (TPSA) is 97.6 Å². The first-order chi connectivity index (χ1) is 12.1. The average Bonchev–Trinajstić information content (AvgIpc) is 2.67. The van der Waals surface area contributed by atoms with Gasteiger partial charge in [-0.2, -0.15) is 0 Å². The SMILES string of the molecule is C.CO.CO.CO.CO[SiH](C)C.CO[SiH](C)C.CO[SiH](C)C.CO[SiH](C)Cl. The van der Waals surface area contributed by atoms with Gasteiger partial charge in [0.1, 0.15) is 0 Å². The Morgan fingerprint density at radius 2 is 0.556 bits per heavy atom. The molecule has 0 aromatic carbocycles. The molecule has 0 aliphatic carbocycles. The Morgan fingerprint density at radius 3 is 0.556 bits per heavy atom. The summed E-state index contributed by atoms with van der Waals surface area (Å²) in [5.41, 5.74) is 0. The predicted octanol–water partition coefficient (Wildman–Crippen LogP) is 2.03. The van der Waals surface area contributed by atoms with Crippen molar-refractivity contribution in [3.05, 3.63) is 0 Å². The van der Waals surface area contributed by atoms with Gasteiger partial charge in [-0.25, -0.2) is 0 Å². The molecule has 0 heterocycles. The molecule has 0 aliphatic heterocycles. The van der Waals surface area contributed by atoms with Gasteiger partial charge < -0.3 is 33.0 Å². The van der Waals surface area contributed by atoms with Crippen molar-refractivity contribution in [1.29, 1.82) is 0 Å². The minimum Gasteiger partial charge on any atom is -0.424 e. The van der Waals surface area contributed by atoms with Gasteiger partial charge in [-0.05, 0) is 45.8 Å². The zero-order valence-electron chi connectivity index (χ0n) is 19.7. The quantitative estimate of drug-likeness (QED) is 0.408. The molecule has 0 radical (unpaired) electrons. The number of aliphatic hydroxyl groups is 3. The molecule has 0 amide bonds. The maximum absolute atomic E-state index is 7.00. The zero-order chi connectivity index (χ0) is 23.1. The molecule has 0 fully saturated rings. The molecular weight excluding hydrogens is 440 g/mol. The highest BCUT2D eigenvalue weighted by Gasteiger charge is 1.87. The second-order valence-electron chi connectivity index (χ2n) is 4.63. The summed E-state index contributed by atoms with van der Waals surface area (Å²) < 4.78 is 19.3. The van der Waals surface area contributed by atoms with Crippen LogP contribution in [-0.2, 0) is 17.7 Å². The van der Waals surface area contributed by atoms with Crippen LogP contribution in [0.3, 0.4) is 0 Å². The van der Waals surface area contributed by atoms with Crippen LogP contribution in [0, 0.1) is 0 Å². The monoisotopic (exact) mass is 492 g/mol. The molecule has 0 spiro atoms. The molecule has 0 saturated carbocycles.